The number of hydrogen-bond acceptors (Lipinski definition) is 4. The quantitative estimate of drug-likeness (QED) is 0.683. The van der Waals surface area contributed by atoms with Crippen LogP contribution in [0.25, 0.3) is 0 Å². The first-order valence-corrected chi connectivity index (χ1v) is 8.25. The van der Waals surface area contributed by atoms with Gasteiger partial charge in [0.15, 0.2) is 6.61 Å². The third kappa shape index (κ3) is 4.54. The first-order valence-electron chi connectivity index (χ1n) is 7.49. The van der Waals surface area contributed by atoms with Gasteiger partial charge >= 0.3 is 5.97 Å². The molecule has 2 aromatic rings. The van der Waals surface area contributed by atoms with Crippen molar-refractivity contribution in [1.82, 2.24) is 4.98 Å². The van der Waals surface area contributed by atoms with Crippen LogP contribution in [-0.4, -0.2) is 28.6 Å². The molecule has 1 heterocycles. The summed E-state index contributed by atoms with van der Waals surface area (Å²) in [6.45, 7) is 4.62. The molecule has 1 amide bonds. The molecule has 25 heavy (non-hydrogen) atoms. The van der Waals surface area contributed by atoms with Gasteiger partial charge < -0.3 is 20.1 Å². The van der Waals surface area contributed by atoms with E-state index in [9.17, 15) is 14.7 Å². The fourth-order valence-corrected chi connectivity index (χ4v) is 2.87. The van der Waals surface area contributed by atoms with E-state index in [0.29, 0.717) is 32.6 Å². The van der Waals surface area contributed by atoms with Crippen molar-refractivity contribution in [3.05, 3.63) is 50.8 Å². The van der Waals surface area contributed by atoms with Crippen molar-refractivity contribution < 1.29 is 19.4 Å². The summed E-state index contributed by atoms with van der Waals surface area (Å²) in [6, 6.07) is 4.63. The Morgan fingerprint density at radius 1 is 1.28 bits per heavy atom. The molecule has 0 saturated heterocycles. The van der Waals surface area contributed by atoms with E-state index in [2.05, 4.69) is 10.3 Å². The van der Waals surface area contributed by atoms with Crippen molar-refractivity contribution in [2.45, 2.75) is 26.9 Å². The lowest BCUT2D eigenvalue weighted by molar-refractivity contribution is -0.119. The van der Waals surface area contributed by atoms with Crippen molar-refractivity contribution in [2.75, 3.05) is 11.9 Å². The molecule has 0 saturated carbocycles. The number of H-pyrrole nitrogens is 1. The van der Waals surface area contributed by atoms with Gasteiger partial charge in [-0.2, -0.15) is 0 Å². The van der Waals surface area contributed by atoms with Crippen molar-refractivity contribution >= 4 is 40.8 Å². The topological polar surface area (TPSA) is 91.4 Å². The van der Waals surface area contributed by atoms with Crippen LogP contribution in [0.5, 0.6) is 0 Å². The highest BCUT2D eigenvalue weighted by molar-refractivity contribution is 6.42. The largest absolute Gasteiger partial charge is 0.451 e. The third-order valence-corrected chi connectivity index (χ3v) is 4.39. The lowest BCUT2D eigenvalue weighted by Crippen LogP contribution is -2.21. The molecule has 0 unspecified atom stereocenters. The first-order chi connectivity index (χ1) is 11.7. The maximum absolute atomic E-state index is 12.2. The Morgan fingerprint density at radius 3 is 2.52 bits per heavy atom. The molecule has 0 spiro atoms. The maximum Gasteiger partial charge on any atom is 0.355 e. The summed E-state index contributed by atoms with van der Waals surface area (Å²) >= 11 is 11.7. The van der Waals surface area contributed by atoms with Gasteiger partial charge in [0.05, 0.1) is 16.1 Å². The molecule has 1 atom stereocenters. The van der Waals surface area contributed by atoms with Gasteiger partial charge in [-0.05, 0) is 44.5 Å². The number of aromatic amines is 1. The molecule has 0 aliphatic carbocycles. The normalized spacial score (nSPS) is 11.9. The van der Waals surface area contributed by atoms with Crippen LogP contribution in [0.15, 0.2) is 18.2 Å². The number of benzene rings is 1. The third-order valence-electron chi connectivity index (χ3n) is 3.66. The molecule has 0 aliphatic heterocycles. The van der Waals surface area contributed by atoms with Crippen LogP contribution in [0.1, 0.15) is 40.3 Å². The van der Waals surface area contributed by atoms with E-state index in [1.165, 1.54) is 6.07 Å². The SMILES string of the molecule is Cc1[nH]c(C(=O)OCC(=O)Nc2ccc(Cl)c(Cl)c2)c(C)c1[C@H](C)O. The molecule has 0 aliphatic rings. The zero-order chi connectivity index (χ0) is 18.7. The number of amides is 1. The molecule has 0 fully saturated rings. The smallest absolute Gasteiger partial charge is 0.355 e. The molecule has 6 nitrogen and oxygen atoms in total. The Bertz CT molecular complexity index is 815. The summed E-state index contributed by atoms with van der Waals surface area (Å²) in [5.74, 6) is -1.18. The van der Waals surface area contributed by atoms with Crippen LogP contribution in [0, 0.1) is 13.8 Å². The molecule has 0 bridgehead atoms. The summed E-state index contributed by atoms with van der Waals surface area (Å²) in [5.41, 5.74) is 2.59. The maximum atomic E-state index is 12.2. The van der Waals surface area contributed by atoms with Gasteiger partial charge in [-0.15, -0.1) is 0 Å². The number of aryl methyl sites for hydroxylation is 1. The van der Waals surface area contributed by atoms with Gasteiger partial charge in [-0.1, -0.05) is 23.2 Å². The van der Waals surface area contributed by atoms with E-state index in [1.54, 1.807) is 32.9 Å². The highest BCUT2D eigenvalue weighted by Gasteiger charge is 2.21. The second kappa shape index (κ2) is 7.91. The van der Waals surface area contributed by atoms with E-state index in [1.807, 2.05) is 0 Å². The van der Waals surface area contributed by atoms with Gasteiger partial charge in [0, 0.05) is 16.9 Å². The number of rotatable bonds is 5. The van der Waals surface area contributed by atoms with Crippen LogP contribution >= 0.6 is 23.2 Å². The molecule has 2 rings (SSSR count). The van der Waals surface area contributed by atoms with Gasteiger partial charge in [0.25, 0.3) is 5.91 Å². The molecule has 0 radical (unpaired) electrons. The lowest BCUT2D eigenvalue weighted by Gasteiger charge is -2.08. The average Bonchev–Trinajstić information content (AvgIpc) is 2.83. The van der Waals surface area contributed by atoms with Crippen LogP contribution in [0.2, 0.25) is 10.0 Å². The Balaban J connectivity index is 1.99. The van der Waals surface area contributed by atoms with Crippen LogP contribution in [0.3, 0.4) is 0 Å². The molecule has 1 aromatic heterocycles. The number of esters is 1. The Kier molecular flexibility index (Phi) is 6.11. The van der Waals surface area contributed by atoms with Crippen LogP contribution in [0.4, 0.5) is 5.69 Å². The van der Waals surface area contributed by atoms with Crippen molar-refractivity contribution in [3.8, 4) is 0 Å². The monoisotopic (exact) mass is 384 g/mol. The average molecular weight is 385 g/mol. The number of carbonyl (C=O) groups excluding carboxylic acids is 2. The highest BCUT2D eigenvalue weighted by atomic mass is 35.5. The molecule has 3 N–H and O–H groups in total. The second-order valence-electron chi connectivity index (χ2n) is 5.59. The predicted molar refractivity (Wildman–Crippen MR) is 96.3 cm³/mol. The fraction of sp³-hybridized carbons (Fsp3) is 0.294. The minimum atomic E-state index is -0.712. The first kappa shape index (κ1) is 19.3. The Labute approximate surface area is 155 Å². The van der Waals surface area contributed by atoms with Crippen molar-refractivity contribution in [1.29, 1.82) is 0 Å². The minimum Gasteiger partial charge on any atom is -0.451 e. The van der Waals surface area contributed by atoms with Gasteiger partial charge in [0.1, 0.15) is 5.69 Å². The number of nitrogens with one attached hydrogen (secondary N) is 2. The minimum absolute atomic E-state index is 0.218. The van der Waals surface area contributed by atoms with E-state index < -0.39 is 24.6 Å². The summed E-state index contributed by atoms with van der Waals surface area (Å²) < 4.78 is 5.02. The number of anilines is 1. The number of carbonyl (C=O) groups is 2. The summed E-state index contributed by atoms with van der Waals surface area (Å²) in [6.07, 6.45) is -0.712. The number of aromatic nitrogens is 1. The fourth-order valence-electron chi connectivity index (χ4n) is 2.57. The van der Waals surface area contributed by atoms with E-state index >= 15 is 0 Å². The molecular formula is C17H18Cl2N2O4. The van der Waals surface area contributed by atoms with E-state index in [0.717, 1.165) is 0 Å². The van der Waals surface area contributed by atoms with Crippen LogP contribution in [-0.2, 0) is 9.53 Å². The number of aliphatic hydroxyl groups is 1. The molecule has 1 aromatic carbocycles. The Hall–Kier alpha value is -2.02. The molecular weight excluding hydrogens is 367 g/mol. The second-order valence-corrected chi connectivity index (χ2v) is 6.41. The van der Waals surface area contributed by atoms with Crippen LogP contribution < -0.4 is 5.32 Å². The van der Waals surface area contributed by atoms with Crippen molar-refractivity contribution in [3.63, 3.8) is 0 Å². The number of aliphatic hydroxyl groups excluding tert-OH is 1. The van der Waals surface area contributed by atoms with Gasteiger partial charge in [0.2, 0.25) is 0 Å². The lowest BCUT2D eigenvalue weighted by atomic mass is 10.1. The zero-order valence-electron chi connectivity index (χ0n) is 13.9. The summed E-state index contributed by atoms with van der Waals surface area (Å²) in [4.78, 5) is 26.9. The number of halogens is 2. The number of ether oxygens (including phenoxy) is 1. The zero-order valence-corrected chi connectivity index (χ0v) is 15.5. The van der Waals surface area contributed by atoms with E-state index in [-0.39, 0.29) is 5.69 Å². The standard InChI is InChI=1S/C17H18Cl2N2O4/c1-8-15(10(3)22)9(2)20-16(8)17(24)25-7-14(23)21-11-4-5-12(18)13(19)6-11/h4-6,10,20,22H,7H2,1-3H3,(H,21,23)/t10-/m0/s1. The number of hydrogen-bond donors (Lipinski definition) is 3. The predicted octanol–water partition coefficient (Wildman–Crippen LogP) is 3.79. The molecule has 8 heteroatoms. The van der Waals surface area contributed by atoms with Gasteiger partial charge in [-0.3, -0.25) is 4.79 Å². The molecule has 134 valence electrons. The van der Waals surface area contributed by atoms with E-state index in [4.69, 9.17) is 27.9 Å². The highest BCUT2D eigenvalue weighted by Crippen LogP contribution is 2.26. The van der Waals surface area contributed by atoms with Crippen molar-refractivity contribution in [2.24, 2.45) is 0 Å². The summed E-state index contributed by atoms with van der Waals surface area (Å²) in [5, 5.41) is 13.0. The summed E-state index contributed by atoms with van der Waals surface area (Å²) in [7, 11) is 0. The van der Waals surface area contributed by atoms with Gasteiger partial charge in [-0.25, -0.2) is 4.79 Å². The Morgan fingerprint density at radius 2 is 1.96 bits per heavy atom.